The van der Waals surface area contributed by atoms with Crippen LogP contribution in [0.15, 0.2) is 60.7 Å². The van der Waals surface area contributed by atoms with Crippen LogP contribution in [0.1, 0.15) is 256 Å². The summed E-state index contributed by atoms with van der Waals surface area (Å²) < 4.78 is 1.23. The average Bonchev–Trinajstić information content (AvgIpc) is 3.20. The molecule has 0 amide bonds. The van der Waals surface area contributed by atoms with Crippen LogP contribution in [0.2, 0.25) is 0 Å². The number of quaternary nitrogens is 1. The lowest BCUT2D eigenvalue weighted by atomic mass is 10.0. The van der Waals surface area contributed by atoms with Crippen molar-refractivity contribution >= 4 is 0 Å². The van der Waals surface area contributed by atoms with E-state index in [0.717, 1.165) is 0 Å². The molecular weight excluding hydrogens is 663 g/mol. The van der Waals surface area contributed by atoms with Crippen molar-refractivity contribution in [2.24, 2.45) is 0 Å². The van der Waals surface area contributed by atoms with Crippen LogP contribution in [0, 0.1) is 0 Å². The van der Waals surface area contributed by atoms with Crippen LogP contribution in [0.4, 0.5) is 0 Å². The van der Waals surface area contributed by atoms with Crippen LogP contribution in [-0.4, -0.2) is 17.6 Å². The molecule has 316 valence electrons. The number of unbranched alkanes of at least 4 members (excludes halogenated alkanes) is 34. The summed E-state index contributed by atoms with van der Waals surface area (Å²) in [4.78, 5) is 0. The second kappa shape index (κ2) is 37.9. The van der Waals surface area contributed by atoms with E-state index in [1.165, 1.54) is 273 Å². The van der Waals surface area contributed by atoms with Crippen molar-refractivity contribution in [3.63, 3.8) is 0 Å². The Morgan fingerprint density at radius 2 is 0.455 bits per heavy atom. The van der Waals surface area contributed by atoms with Gasteiger partial charge in [-0.15, -0.1) is 0 Å². The van der Waals surface area contributed by atoms with Gasteiger partial charge in [-0.1, -0.05) is 280 Å². The lowest BCUT2D eigenvalue weighted by molar-refractivity contribution is -0.954. The van der Waals surface area contributed by atoms with Gasteiger partial charge in [0.25, 0.3) is 0 Å². The van der Waals surface area contributed by atoms with Crippen LogP contribution >= 0.6 is 0 Å². The van der Waals surface area contributed by atoms with Gasteiger partial charge in [-0.25, -0.2) is 0 Å². The molecule has 2 aromatic carbocycles. The summed E-state index contributed by atoms with van der Waals surface area (Å²) in [6.45, 7) is 9.62. The summed E-state index contributed by atoms with van der Waals surface area (Å²) in [6.07, 6.45) is 52.1. The predicted molar refractivity (Wildman–Crippen MR) is 248 cm³/mol. The molecule has 0 aliphatic carbocycles. The Hall–Kier alpha value is -1.60. The first-order valence-corrected chi connectivity index (χ1v) is 25.2. The third kappa shape index (κ3) is 30.2. The number of nitrogens with zero attached hydrogens (tertiary/aromatic N) is 1. The van der Waals surface area contributed by atoms with Crippen molar-refractivity contribution < 1.29 is 4.48 Å². The molecule has 0 unspecified atom stereocenters. The molecule has 0 atom stereocenters. The van der Waals surface area contributed by atoms with E-state index in [9.17, 15) is 0 Å². The Labute approximate surface area is 346 Å². The number of benzene rings is 2. The second-order valence-corrected chi connectivity index (χ2v) is 18.1. The number of hydrogen-bond acceptors (Lipinski definition) is 0. The monoisotopic (exact) mass is 759 g/mol. The number of hydrogen-bond donors (Lipinski definition) is 0. The lowest BCUT2D eigenvalue weighted by Crippen LogP contribution is -2.48. The van der Waals surface area contributed by atoms with Crippen molar-refractivity contribution in [1.82, 2.24) is 0 Å². The van der Waals surface area contributed by atoms with Gasteiger partial charge in [0.1, 0.15) is 13.1 Å². The topological polar surface area (TPSA) is 0 Å². The Balaban J connectivity index is 1.63. The standard InChI is InChI=1S/C54H96N/c1-3-5-7-9-11-13-15-17-19-21-23-25-27-29-31-33-35-43-49-55(51-53-45-39-37-40-46-53,52-54-47-41-38-42-48-54)50-44-36-34-32-30-28-26-24-22-20-18-16-14-12-10-8-6-4-2/h37-42,45-48H,3-36,43-44,49-52H2,1-2H3/q+1. The minimum atomic E-state index is 1.17. The van der Waals surface area contributed by atoms with Crippen LogP contribution < -0.4 is 0 Å². The van der Waals surface area contributed by atoms with Crippen LogP contribution in [0.3, 0.4) is 0 Å². The average molecular weight is 759 g/mol. The van der Waals surface area contributed by atoms with Crippen molar-refractivity contribution in [2.75, 3.05) is 13.1 Å². The van der Waals surface area contributed by atoms with Crippen molar-refractivity contribution in [2.45, 2.75) is 258 Å². The van der Waals surface area contributed by atoms with Gasteiger partial charge in [-0.05, 0) is 25.7 Å². The molecule has 2 aromatic rings. The molecule has 0 bridgehead atoms. The van der Waals surface area contributed by atoms with E-state index >= 15 is 0 Å². The van der Waals surface area contributed by atoms with Gasteiger partial charge in [-0.2, -0.15) is 0 Å². The molecule has 1 nitrogen and oxygen atoms in total. The largest absolute Gasteiger partial charge is 0.316 e. The highest BCUT2D eigenvalue weighted by molar-refractivity contribution is 5.15. The zero-order valence-electron chi connectivity index (χ0n) is 37.5. The van der Waals surface area contributed by atoms with Gasteiger partial charge in [0.2, 0.25) is 0 Å². The molecule has 1 heteroatoms. The lowest BCUT2D eigenvalue weighted by Gasteiger charge is -2.39. The van der Waals surface area contributed by atoms with E-state index in [1.807, 2.05) is 0 Å². The van der Waals surface area contributed by atoms with Gasteiger partial charge in [0, 0.05) is 11.1 Å². The molecule has 0 saturated carbocycles. The molecule has 2 rings (SSSR count). The van der Waals surface area contributed by atoms with Gasteiger partial charge >= 0.3 is 0 Å². The van der Waals surface area contributed by atoms with Gasteiger partial charge in [-0.3, -0.25) is 0 Å². The third-order valence-corrected chi connectivity index (χ3v) is 12.7. The summed E-state index contributed by atoms with van der Waals surface area (Å²) in [7, 11) is 0. The van der Waals surface area contributed by atoms with Crippen molar-refractivity contribution in [3.8, 4) is 0 Å². The molecule has 0 spiro atoms. The van der Waals surface area contributed by atoms with Gasteiger partial charge in [0.05, 0.1) is 13.1 Å². The van der Waals surface area contributed by atoms with E-state index in [0.29, 0.717) is 0 Å². The van der Waals surface area contributed by atoms with Gasteiger partial charge < -0.3 is 4.48 Å². The summed E-state index contributed by atoms with van der Waals surface area (Å²) in [5.74, 6) is 0. The molecule has 0 aromatic heterocycles. The molecule has 0 saturated heterocycles. The predicted octanol–water partition coefficient (Wildman–Crippen LogP) is 18.3. The molecule has 55 heavy (non-hydrogen) atoms. The fraction of sp³-hybridized carbons (Fsp3) is 0.778. The second-order valence-electron chi connectivity index (χ2n) is 18.1. The Morgan fingerprint density at radius 3 is 0.673 bits per heavy atom. The maximum atomic E-state index is 2.38. The summed E-state index contributed by atoms with van der Waals surface area (Å²) in [6, 6.07) is 22.9. The smallest absolute Gasteiger partial charge is 0.105 e. The van der Waals surface area contributed by atoms with E-state index in [1.54, 1.807) is 0 Å². The molecule has 0 heterocycles. The maximum absolute atomic E-state index is 2.38. The van der Waals surface area contributed by atoms with Crippen LogP contribution in [0.25, 0.3) is 0 Å². The molecule has 0 fully saturated rings. The summed E-state index contributed by atoms with van der Waals surface area (Å²) in [5.41, 5.74) is 3.03. The minimum absolute atomic E-state index is 1.17. The zero-order chi connectivity index (χ0) is 39.0. The summed E-state index contributed by atoms with van der Waals surface area (Å²) >= 11 is 0. The van der Waals surface area contributed by atoms with Crippen LogP contribution in [0.5, 0.6) is 0 Å². The van der Waals surface area contributed by atoms with E-state index in [4.69, 9.17) is 0 Å². The highest BCUT2D eigenvalue weighted by Crippen LogP contribution is 2.25. The molecule has 0 aliphatic heterocycles. The quantitative estimate of drug-likeness (QED) is 0.0467. The Bertz CT molecular complexity index is 931. The first-order valence-electron chi connectivity index (χ1n) is 25.2. The maximum Gasteiger partial charge on any atom is 0.105 e. The van der Waals surface area contributed by atoms with Gasteiger partial charge in [0.15, 0.2) is 0 Å². The Morgan fingerprint density at radius 1 is 0.255 bits per heavy atom. The highest BCUT2D eigenvalue weighted by Gasteiger charge is 2.27. The zero-order valence-corrected chi connectivity index (χ0v) is 37.5. The SMILES string of the molecule is CCCCCCCCCCCCCCCCCCCC[N+](CCCCCCCCCCCCCCCCCCCC)(Cc1ccccc1)Cc1ccccc1. The molecule has 0 radical (unpaired) electrons. The van der Waals surface area contributed by atoms with Crippen LogP contribution in [-0.2, 0) is 13.1 Å². The third-order valence-electron chi connectivity index (χ3n) is 12.7. The summed E-state index contributed by atoms with van der Waals surface area (Å²) in [5, 5.41) is 0. The molecular formula is C54H96N+. The van der Waals surface area contributed by atoms with Crippen molar-refractivity contribution in [1.29, 1.82) is 0 Å². The van der Waals surface area contributed by atoms with E-state index in [-0.39, 0.29) is 0 Å². The minimum Gasteiger partial charge on any atom is -0.316 e. The first-order chi connectivity index (χ1) is 27.3. The van der Waals surface area contributed by atoms with Crippen molar-refractivity contribution in [3.05, 3.63) is 71.8 Å². The fourth-order valence-electron chi connectivity index (χ4n) is 9.12. The first kappa shape index (κ1) is 49.5. The highest BCUT2D eigenvalue weighted by atomic mass is 15.3. The molecule has 0 N–H and O–H groups in total. The fourth-order valence-corrected chi connectivity index (χ4v) is 9.12. The van der Waals surface area contributed by atoms with E-state index in [2.05, 4.69) is 74.5 Å². The molecule has 0 aliphatic rings. The Kier molecular flexibility index (Phi) is 34.2. The normalized spacial score (nSPS) is 11.8. The number of rotatable bonds is 42. The van der Waals surface area contributed by atoms with E-state index < -0.39 is 0 Å².